The molecule has 1 aliphatic heterocycles. The third-order valence-electron chi connectivity index (χ3n) is 4.17. The van der Waals surface area contributed by atoms with E-state index in [9.17, 15) is 4.79 Å². The Morgan fingerprint density at radius 1 is 1.04 bits per heavy atom. The lowest BCUT2D eigenvalue weighted by atomic mass is 10.1. The number of carbonyl (C=O) groups is 1. The summed E-state index contributed by atoms with van der Waals surface area (Å²) in [5, 5.41) is 2.98. The molecule has 0 aromatic heterocycles. The number of nitrogens with one attached hydrogen (secondary N) is 1. The van der Waals surface area contributed by atoms with Crippen molar-refractivity contribution in [2.75, 3.05) is 13.1 Å². The molecule has 1 fully saturated rings. The van der Waals surface area contributed by atoms with Gasteiger partial charge in [-0.2, -0.15) is 0 Å². The van der Waals surface area contributed by atoms with Crippen LogP contribution in [0.25, 0.3) is 0 Å². The molecule has 1 heterocycles. The summed E-state index contributed by atoms with van der Waals surface area (Å²) < 4.78 is 1.07. The maximum atomic E-state index is 12.1. The van der Waals surface area contributed by atoms with E-state index in [1.165, 1.54) is 31.5 Å². The second kappa shape index (κ2) is 7.93. The molecule has 0 saturated carbocycles. The average molecular weight is 420 g/mol. The van der Waals surface area contributed by atoms with Crippen LogP contribution >= 0.6 is 22.6 Å². The highest BCUT2D eigenvalue weighted by Crippen LogP contribution is 2.13. The fourth-order valence-electron chi connectivity index (χ4n) is 2.88. The van der Waals surface area contributed by atoms with Crippen molar-refractivity contribution in [2.24, 2.45) is 0 Å². The van der Waals surface area contributed by atoms with Crippen molar-refractivity contribution in [3.8, 4) is 0 Å². The first-order chi connectivity index (χ1) is 11.2. The number of hydrogen-bond donors (Lipinski definition) is 1. The highest BCUT2D eigenvalue weighted by molar-refractivity contribution is 14.1. The second-order valence-corrected chi connectivity index (χ2v) is 7.24. The summed E-state index contributed by atoms with van der Waals surface area (Å²) in [5.74, 6) is -0.0235. The monoisotopic (exact) mass is 420 g/mol. The number of nitrogens with zero attached hydrogens (tertiary/aromatic N) is 1. The number of hydrogen-bond acceptors (Lipinski definition) is 2. The molecule has 1 aliphatic rings. The Morgan fingerprint density at radius 3 is 2.43 bits per heavy atom. The molecule has 1 N–H and O–H groups in total. The van der Waals surface area contributed by atoms with Crippen LogP contribution < -0.4 is 5.32 Å². The predicted molar refractivity (Wildman–Crippen MR) is 101 cm³/mol. The van der Waals surface area contributed by atoms with Crippen molar-refractivity contribution in [3.63, 3.8) is 0 Å². The Morgan fingerprint density at radius 2 is 1.74 bits per heavy atom. The van der Waals surface area contributed by atoms with Crippen LogP contribution in [-0.4, -0.2) is 23.9 Å². The van der Waals surface area contributed by atoms with E-state index >= 15 is 0 Å². The van der Waals surface area contributed by atoms with Crippen LogP contribution in [0.3, 0.4) is 0 Å². The van der Waals surface area contributed by atoms with Gasteiger partial charge in [0.2, 0.25) is 0 Å². The Balaban J connectivity index is 1.52. The molecular formula is C19H21IN2O. The van der Waals surface area contributed by atoms with Gasteiger partial charge in [-0.3, -0.25) is 9.69 Å². The molecule has 0 spiro atoms. The van der Waals surface area contributed by atoms with E-state index in [1.54, 1.807) is 0 Å². The molecular weight excluding hydrogens is 399 g/mol. The molecule has 1 saturated heterocycles. The number of amides is 1. The fourth-order valence-corrected chi connectivity index (χ4v) is 3.42. The van der Waals surface area contributed by atoms with Gasteiger partial charge in [0.05, 0.1) is 0 Å². The number of rotatable bonds is 5. The molecule has 3 nitrogen and oxygen atoms in total. The molecule has 0 radical (unpaired) electrons. The van der Waals surface area contributed by atoms with Crippen molar-refractivity contribution in [2.45, 2.75) is 25.9 Å². The SMILES string of the molecule is O=C(NCc1ccc(CN2CCCC2)cc1)c1cccc(I)c1. The summed E-state index contributed by atoms with van der Waals surface area (Å²) in [6.07, 6.45) is 2.64. The van der Waals surface area contributed by atoms with Crippen molar-refractivity contribution in [1.82, 2.24) is 10.2 Å². The van der Waals surface area contributed by atoms with Crippen LogP contribution in [0.1, 0.15) is 34.3 Å². The summed E-state index contributed by atoms with van der Waals surface area (Å²) in [5.41, 5.74) is 3.19. The Kier molecular flexibility index (Phi) is 5.67. The number of halogens is 1. The van der Waals surface area contributed by atoms with E-state index in [-0.39, 0.29) is 5.91 Å². The van der Waals surface area contributed by atoms with E-state index in [2.05, 4.69) is 57.1 Å². The van der Waals surface area contributed by atoms with Crippen LogP contribution in [0.4, 0.5) is 0 Å². The van der Waals surface area contributed by atoms with Gasteiger partial charge in [0, 0.05) is 22.2 Å². The van der Waals surface area contributed by atoms with E-state index in [0.29, 0.717) is 12.1 Å². The van der Waals surface area contributed by atoms with Gasteiger partial charge in [0.1, 0.15) is 0 Å². The Hall–Kier alpha value is -1.40. The van der Waals surface area contributed by atoms with Gasteiger partial charge < -0.3 is 5.32 Å². The first kappa shape index (κ1) is 16.5. The Bertz CT molecular complexity index is 663. The lowest BCUT2D eigenvalue weighted by Crippen LogP contribution is -2.23. The topological polar surface area (TPSA) is 32.3 Å². The first-order valence-electron chi connectivity index (χ1n) is 8.05. The lowest BCUT2D eigenvalue weighted by molar-refractivity contribution is 0.0951. The molecule has 23 heavy (non-hydrogen) atoms. The van der Waals surface area contributed by atoms with Crippen molar-refractivity contribution in [3.05, 3.63) is 68.8 Å². The molecule has 2 aromatic rings. The zero-order valence-corrected chi connectivity index (χ0v) is 15.3. The predicted octanol–water partition coefficient (Wildman–Crippen LogP) is 3.82. The molecule has 1 amide bonds. The molecule has 2 aromatic carbocycles. The highest BCUT2D eigenvalue weighted by Gasteiger charge is 2.11. The van der Waals surface area contributed by atoms with Crippen LogP contribution in [0.15, 0.2) is 48.5 Å². The van der Waals surface area contributed by atoms with Crippen molar-refractivity contribution < 1.29 is 4.79 Å². The van der Waals surface area contributed by atoms with E-state index in [1.807, 2.05) is 24.3 Å². The van der Waals surface area contributed by atoms with Crippen molar-refractivity contribution >= 4 is 28.5 Å². The zero-order chi connectivity index (χ0) is 16.1. The maximum Gasteiger partial charge on any atom is 0.251 e. The second-order valence-electron chi connectivity index (χ2n) is 5.99. The van der Waals surface area contributed by atoms with Crippen molar-refractivity contribution in [1.29, 1.82) is 0 Å². The summed E-state index contributed by atoms with van der Waals surface area (Å²) in [6.45, 7) is 4.03. The minimum atomic E-state index is -0.0235. The van der Waals surface area contributed by atoms with Crippen LogP contribution in [0.2, 0.25) is 0 Å². The van der Waals surface area contributed by atoms with Gasteiger partial charge >= 0.3 is 0 Å². The first-order valence-corrected chi connectivity index (χ1v) is 9.12. The number of likely N-dealkylation sites (tertiary alicyclic amines) is 1. The summed E-state index contributed by atoms with van der Waals surface area (Å²) >= 11 is 2.22. The third kappa shape index (κ3) is 4.78. The summed E-state index contributed by atoms with van der Waals surface area (Å²) in [7, 11) is 0. The minimum absolute atomic E-state index is 0.0235. The molecule has 0 aliphatic carbocycles. The third-order valence-corrected chi connectivity index (χ3v) is 4.84. The average Bonchev–Trinajstić information content (AvgIpc) is 3.07. The van der Waals surface area contributed by atoms with Crippen LogP contribution in [0, 0.1) is 3.57 Å². The maximum absolute atomic E-state index is 12.1. The molecule has 120 valence electrons. The standard InChI is InChI=1S/C19H21IN2O/c20-18-5-3-4-17(12-18)19(23)21-13-15-6-8-16(9-7-15)14-22-10-1-2-11-22/h3-9,12H,1-2,10-11,13-14H2,(H,21,23). The molecule has 0 atom stereocenters. The van der Waals surface area contributed by atoms with Gasteiger partial charge in [-0.25, -0.2) is 0 Å². The summed E-state index contributed by atoms with van der Waals surface area (Å²) in [4.78, 5) is 14.6. The molecule has 4 heteroatoms. The van der Waals surface area contributed by atoms with Gasteiger partial charge in [0.15, 0.2) is 0 Å². The smallest absolute Gasteiger partial charge is 0.251 e. The van der Waals surface area contributed by atoms with E-state index < -0.39 is 0 Å². The van der Waals surface area contributed by atoms with Crippen LogP contribution in [0.5, 0.6) is 0 Å². The largest absolute Gasteiger partial charge is 0.348 e. The molecule has 0 bridgehead atoms. The van der Waals surface area contributed by atoms with E-state index in [4.69, 9.17) is 0 Å². The fraction of sp³-hybridized carbons (Fsp3) is 0.316. The minimum Gasteiger partial charge on any atom is -0.348 e. The zero-order valence-electron chi connectivity index (χ0n) is 13.1. The Labute approximate surface area is 151 Å². The summed E-state index contributed by atoms with van der Waals surface area (Å²) in [6, 6.07) is 16.2. The van der Waals surface area contributed by atoms with Gasteiger partial charge in [-0.1, -0.05) is 30.3 Å². The normalized spacial score (nSPS) is 14.8. The van der Waals surface area contributed by atoms with Gasteiger partial charge in [0.25, 0.3) is 5.91 Å². The lowest BCUT2D eigenvalue weighted by Gasteiger charge is -2.14. The number of carbonyl (C=O) groups excluding carboxylic acids is 1. The van der Waals surface area contributed by atoms with Crippen LogP contribution in [-0.2, 0) is 13.1 Å². The molecule has 0 unspecified atom stereocenters. The van der Waals surface area contributed by atoms with Gasteiger partial charge in [-0.05, 0) is 77.8 Å². The quantitative estimate of drug-likeness (QED) is 0.747. The number of benzene rings is 2. The van der Waals surface area contributed by atoms with Gasteiger partial charge in [-0.15, -0.1) is 0 Å². The molecule has 3 rings (SSSR count). The van der Waals surface area contributed by atoms with E-state index in [0.717, 1.165) is 15.7 Å². The highest BCUT2D eigenvalue weighted by atomic mass is 127.